The number of amides is 1. The maximum atomic E-state index is 14.1. The lowest BCUT2D eigenvalue weighted by Crippen LogP contribution is -2.48. The van der Waals surface area contributed by atoms with E-state index in [-0.39, 0.29) is 11.7 Å². The molecule has 5 rings (SSSR count). The number of aromatic nitrogens is 2. The van der Waals surface area contributed by atoms with Crippen molar-refractivity contribution in [2.24, 2.45) is 0 Å². The van der Waals surface area contributed by atoms with Gasteiger partial charge in [0.15, 0.2) is 0 Å². The number of aromatic amines is 1. The molecule has 0 unspecified atom stereocenters. The molecule has 11 heteroatoms. The maximum absolute atomic E-state index is 14.1. The summed E-state index contributed by atoms with van der Waals surface area (Å²) in [6, 6.07) is 8.25. The Bertz CT molecular complexity index is 1510. The van der Waals surface area contributed by atoms with Crippen LogP contribution in [-0.4, -0.2) is 97.6 Å². The number of sulfonamides is 1. The number of rotatable bonds is 7. The van der Waals surface area contributed by atoms with Gasteiger partial charge >= 0.3 is 0 Å². The van der Waals surface area contributed by atoms with Crippen LogP contribution in [0.4, 0.5) is 4.39 Å². The number of ether oxygens (including phenoxy) is 1. The van der Waals surface area contributed by atoms with Crippen LogP contribution >= 0.6 is 0 Å². The van der Waals surface area contributed by atoms with E-state index >= 15 is 0 Å². The molecule has 1 saturated heterocycles. The number of likely N-dealkylation sites (N-methyl/N-ethyl adjacent to an activating group) is 1. The fraction of sp³-hybridized carbons (Fsp3) is 0.429. The molecule has 2 aliphatic heterocycles. The van der Waals surface area contributed by atoms with Crippen molar-refractivity contribution < 1.29 is 22.3 Å². The zero-order chi connectivity index (χ0) is 27.7. The number of nitrogens with zero attached hydrogens (tertiary/aromatic N) is 4. The van der Waals surface area contributed by atoms with E-state index in [0.29, 0.717) is 68.9 Å². The fourth-order valence-electron chi connectivity index (χ4n) is 5.36. The Balaban J connectivity index is 1.30. The van der Waals surface area contributed by atoms with Crippen LogP contribution in [-0.2, 0) is 14.8 Å². The number of carbonyl (C=O) groups is 1. The summed E-state index contributed by atoms with van der Waals surface area (Å²) >= 11 is 0. The van der Waals surface area contributed by atoms with E-state index in [4.69, 9.17) is 4.74 Å². The summed E-state index contributed by atoms with van der Waals surface area (Å²) in [6.07, 6.45) is 5.25. The van der Waals surface area contributed by atoms with Gasteiger partial charge in [-0.1, -0.05) is 6.08 Å². The van der Waals surface area contributed by atoms with Gasteiger partial charge in [-0.15, -0.1) is 0 Å². The van der Waals surface area contributed by atoms with Crippen molar-refractivity contribution >= 4 is 32.5 Å². The molecule has 1 aromatic carbocycles. The number of carbonyl (C=O) groups excluding carboxylic acids is 1. The Morgan fingerprint density at radius 3 is 2.59 bits per heavy atom. The lowest BCUT2D eigenvalue weighted by Gasteiger charge is -2.35. The number of likely N-dealkylation sites (tertiary alicyclic amines) is 1. The molecule has 1 N–H and O–H groups in total. The minimum atomic E-state index is -3.44. The topological polar surface area (TPSA) is 98.8 Å². The SMILES string of the molecule is COc1ccc(F)cc1-c1ccnc2[nH]c(C3=CCN(S(=O)(=O)C4CCN(CC(=O)N(C)C)CC4)CC3)cc12. The second kappa shape index (κ2) is 11.1. The molecule has 2 aromatic heterocycles. The minimum absolute atomic E-state index is 0.0272. The maximum Gasteiger partial charge on any atom is 0.236 e. The van der Waals surface area contributed by atoms with Crippen LogP contribution in [0.5, 0.6) is 5.75 Å². The highest BCUT2D eigenvalue weighted by atomic mass is 32.2. The molecule has 1 fully saturated rings. The zero-order valence-electron chi connectivity index (χ0n) is 22.5. The number of pyridine rings is 1. The van der Waals surface area contributed by atoms with Gasteiger partial charge in [-0.25, -0.2) is 17.8 Å². The fourth-order valence-corrected chi connectivity index (χ4v) is 7.22. The average Bonchev–Trinajstić information content (AvgIpc) is 3.38. The van der Waals surface area contributed by atoms with Gasteiger partial charge in [-0.2, -0.15) is 4.31 Å². The van der Waals surface area contributed by atoms with Gasteiger partial charge in [-0.05, 0) is 73.8 Å². The van der Waals surface area contributed by atoms with Gasteiger partial charge in [-0.3, -0.25) is 9.69 Å². The van der Waals surface area contributed by atoms with Crippen molar-refractivity contribution in [3.05, 3.63) is 54.1 Å². The highest BCUT2D eigenvalue weighted by Gasteiger charge is 2.35. The number of methoxy groups -OCH3 is 1. The van der Waals surface area contributed by atoms with E-state index in [1.807, 2.05) is 23.1 Å². The molecule has 3 aromatic rings. The molecule has 39 heavy (non-hydrogen) atoms. The molecule has 2 aliphatic rings. The predicted molar refractivity (Wildman–Crippen MR) is 149 cm³/mol. The smallest absolute Gasteiger partial charge is 0.236 e. The molecule has 0 bridgehead atoms. The average molecular weight is 556 g/mol. The Kier molecular flexibility index (Phi) is 7.75. The van der Waals surface area contributed by atoms with Crippen LogP contribution < -0.4 is 4.74 Å². The molecule has 0 radical (unpaired) electrons. The number of hydrogen-bond acceptors (Lipinski definition) is 6. The number of piperidine rings is 1. The Morgan fingerprint density at radius 1 is 1.15 bits per heavy atom. The second-order valence-electron chi connectivity index (χ2n) is 10.3. The van der Waals surface area contributed by atoms with Crippen molar-refractivity contribution in [2.45, 2.75) is 24.5 Å². The molecule has 0 aliphatic carbocycles. The first kappa shape index (κ1) is 27.3. The van der Waals surface area contributed by atoms with E-state index in [0.717, 1.165) is 22.2 Å². The number of nitrogens with one attached hydrogen (secondary N) is 1. The summed E-state index contributed by atoms with van der Waals surface area (Å²) in [5, 5.41) is 0.408. The molecule has 4 heterocycles. The van der Waals surface area contributed by atoms with Crippen LogP contribution in [0.15, 0.2) is 42.6 Å². The monoisotopic (exact) mass is 555 g/mol. The minimum Gasteiger partial charge on any atom is -0.496 e. The van der Waals surface area contributed by atoms with Crippen molar-refractivity contribution in [3.63, 3.8) is 0 Å². The van der Waals surface area contributed by atoms with Crippen LogP contribution in [0.3, 0.4) is 0 Å². The third kappa shape index (κ3) is 5.57. The van der Waals surface area contributed by atoms with Gasteiger partial charge in [0.2, 0.25) is 15.9 Å². The van der Waals surface area contributed by atoms with Gasteiger partial charge in [0, 0.05) is 50.0 Å². The molecular weight excluding hydrogens is 521 g/mol. The van der Waals surface area contributed by atoms with Crippen molar-refractivity contribution in [1.82, 2.24) is 24.1 Å². The summed E-state index contributed by atoms with van der Waals surface area (Å²) in [6.45, 7) is 2.23. The van der Waals surface area contributed by atoms with Gasteiger partial charge in [0.25, 0.3) is 0 Å². The van der Waals surface area contributed by atoms with Gasteiger partial charge in [0.1, 0.15) is 17.2 Å². The van der Waals surface area contributed by atoms with E-state index in [2.05, 4.69) is 9.97 Å². The summed E-state index contributed by atoms with van der Waals surface area (Å²) in [4.78, 5) is 23.4. The summed E-state index contributed by atoms with van der Waals surface area (Å²) in [7, 11) is 1.57. The van der Waals surface area contributed by atoms with Crippen molar-refractivity contribution in [3.8, 4) is 16.9 Å². The quantitative estimate of drug-likeness (QED) is 0.480. The van der Waals surface area contributed by atoms with Crippen molar-refractivity contribution in [1.29, 1.82) is 0 Å². The molecule has 0 saturated carbocycles. The molecule has 1 amide bonds. The highest BCUT2D eigenvalue weighted by Crippen LogP contribution is 2.37. The molecule has 9 nitrogen and oxygen atoms in total. The van der Waals surface area contributed by atoms with E-state index in [1.54, 1.807) is 42.7 Å². The van der Waals surface area contributed by atoms with E-state index in [9.17, 15) is 17.6 Å². The standard InChI is InChI=1S/C28H34FN5O4S/c1-32(2)27(35)18-33-12-9-21(10-13-33)39(36,37)34-14-7-19(8-15-34)25-17-24-22(6-11-30-28(24)31-25)23-16-20(29)4-5-26(23)38-3/h4-7,11,16-17,21H,8-10,12-15,18H2,1-3H3,(H,30,31). The first-order valence-electron chi connectivity index (χ1n) is 13.1. The predicted octanol–water partition coefficient (Wildman–Crippen LogP) is 3.35. The zero-order valence-corrected chi connectivity index (χ0v) is 23.3. The van der Waals surface area contributed by atoms with Gasteiger partial charge in [0.05, 0.1) is 18.9 Å². The second-order valence-corrected chi connectivity index (χ2v) is 12.5. The Hall–Kier alpha value is -3.28. The number of H-pyrrole nitrogens is 1. The summed E-state index contributed by atoms with van der Waals surface area (Å²) in [5.41, 5.74) is 4.01. The Morgan fingerprint density at radius 2 is 1.92 bits per heavy atom. The molecule has 208 valence electrons. The first-order valence-corrected chi connectivity index (χ1v) is 14.6. The molecule has 0 atom stereocenters. The van der Waals surface area contributed by atoms with E-state index in [1.165, 1.54) is 12.1 Å². The number of halogens is 1. The lowest BCUT2D eigenvalue weighted by atomic mass is 10.0. The van der Waals surface area contributed by atoms with Crippen LogP contribution in [0.1, 0.15) is 25.0 Å². The lowest BCUT2D eigenvalue weighted by molar-refractivity contribution is -0.130. The number of fused-ring (bicyclic) bond motifs is 1. The van der Waals surface area contributed by atoms with Crippen LogP contribution in [0, 0.1) is 5.82 Å². The first-order chi connectivity index (χ1) is 18.7. The molecule has 0 spiro atoms. The van der Waals surface area contributed by atoms with Crippen LogP contribution in [0.2, 0.25) is 0 Å². The number of benzene rings is 1. The largest absolute Gasteiger partial charge is 0.496 e. The third-order valence-electron chi connectivity index (χ3n) is 7.67. The third-order valence-corrected chi connectivity index (χ3v) is 10.0. The van der Waals surface area contributed by atoms with Crippen LogP contribution in [0.25, 0.3) is 27.7 Å². The van der Waals surface area contributed by atoms with Crippen molar-refractivity contribution in [2.75, 3.05) is 53.9 Å². The van der Waals surface area contributed by atoms with Gasteiger partial charge < -0.3 is 14.6 Å². The highest BCUT2D eigenvalue weighted by molar-refractivity contribution is 7.89. The normalized spacial score (nSPS) is 17.8. The summed E-state index contributed by atoms with van der Waals surface area (Å²) in [5.74, 6) is 0.245. The summed E-state index contributed by atoms with van der Waals surface area (Å²) < 4.78 is 47.9. The Labute approximate surface area is 228 Å². The van der Waals surface area contributed by atoms with E-state index < -0.39 is 15.3 Å². The molecular formula is C28H34FN5O4S. The number of hydrogen-bond donors (Lipinski definition) is 1.